The Kier molecular flexibility index (Phi) is 2.48. The summed E-state index contributed by atoms with van der Waals surface area (Å²) >= 11 is 1.66. The molecule has 1 nitrogen and oxygen atoms in total. The van der Waals surface area contributed by atoms with E-state index >= 15 is 0 Å². The molecule has 48 valence electrons. The molecule has 1 N–H and O–H groups in total. The quantitative estimate of drug-likeness (QED) is 0.663. The lowest BCUT2D eigenvalue weighted by atomic mass is 10.3. The van der Waals surface area contributed by atoms with Crippen LogP contribution in [-0.4, -0.2) is 11.7 Å². The van der Waals surface area contributed by atoms with Gasteiger partial charge in [0.15, 0.2) is 0 Å². The van der Waals surface area contributed by atoms with Crippen molar-refractivity contribution in [2.45, 2.75) is 0 Å². The Bertz CT molecular complexity index is 177. The monoisotopic (exact) mass is 140 g/mol. The molecule has 1 heterocycles. The van der Waals surface area contributed by atoms with Gasteiger partial charge in [-0.3, -0.25) is 0 Å². The van der Waals surface area contributed by atoms with Crippen LogP contribution in [0, 0.1) is 0 Å². The molecule has 0 atom stereocenters. The first kappa shape index (κ1) is 6.52. The lowest BCUT2D eigenvalue weighted by molar-refractivity contribution is 0.343. The second-order valence-corrected chi connectivity index (χ2v) is 2.42. The summed E-state index contributed by atoms with van der Waals surface area (Å²) in [6.07, 6.45) is 3.62. The summed E-state index contributed by atoms with van der Waals surface area (Å²) in [5.74, 6) is 0. The van der Waals surface area contributed by atoms with Gasteiger partial charge in [0.2, 0.25) is 0 Å². The minimum atomic E-state index is 0.121. The summed E-state index contributed by atoms with van der Waals surface area (Å²) in [7, 11) is 0. The summed E-state index contributed by atoms with van der Waals surface area (Å²) in [4.78, 5) is 0. The molecule has 0 bridgehead atoms. The van der Waals surface area contributed by atoms with Gasteiger partial charge in [-0.2, -0.15) is 11.3 Å². The van der Waals surface area contributed by atoms with E-state index in [9.17, 15) is 0 Å². The zero-order valence-electron chi connectivity index (χ0n) is 4.95. The smallest absolute Gasteiger partial charge is 0.0615 e. The highest BCUT2D eigenvalue weighted by Gasteiger charge is 1.81. The van der Waals surface area contributed by atoms with Gasteiger partial charge in [-0.15, -0.1) is 0 Å². The van der Waals surface area contributed by atoms with E-state index in [1.807, 2.05) is 22.9 Å². The van der Waals surface area contributed by atoms with Crippen LogP contribution in [0.25, 0.3) is 6.08 Å². The third kappa shape index (κ3) is 2.00. The van der Waals surface area contributed by atoms with E-state index < -0.39 is 0 Å². The maximum absolute atomic E-state index is 8.38. The van der Waals surface area contributed by atoms with Crippen LogP contribution in [-0.2, 0) is 0 Å². The van der Waals surface area contributed by atoms with E-state index in [0.717, 1.165) is 5.56 Å². The predicted octanol–water partition coefficient (Wildman–Crippen LogP) is 1.75. The number of rotatable bonds is 2. The van der Waals surface area contributed by atoms with Crippen LogP contribution in [0.15, 0.2) is 22.9 Å². The number of aliphatic hydroxyl groups is 1. The molecule has 0 saturated carbocycles. The van der Waals surface area contributed by atoms with Gasteiger partial charge in [0.1, 0.15) is 0 Å². The molecule has 2 heteroatoms. The second-order valence-electron chi connectivity index (χ2n) is 1.64. The summed E-state index contributed by atoms with van der Waals surface area (Å²) < 4.78 is 0. The highest BCUT2D eigenvalue weighted by molar-refractivity contribution is 7.08. The molecule has 0 amide bonds. The molecule has 0 aromatic carbocycles. The molecule has 0 fully saturated rings. The summed E-state index contributed by atoms with van der Waals surface area (Å²) in [5, 5.41) is 12.4. The lowest BCUT2D eigenvalue weighted by Crippen LogP contribution is -1.68. The Morgan fingerprint density at radius 2 is 2.56 bits per heavy atom. The van der Waals surface area contributed by atoms with Crippen molar-refractivity contribution >= 4 is 17.4 Å². The van der Waals surface area contributed by atoms with Crippen molar-refractivity contribution in [1.29, 1.82) is 0 Å². The van der Waals surface area contributed by atoms with Crippen molar-refractivity contribution in [3.05, 3.63) is 28.5 Å². The van der Waals surface area contributed by atoms with Gasteiger partial charge >= 0.3 is 0 Å². The normalized spacial score (nSPS) is 10.8. The lowest BCUT2D eigenvalue weighted by Gasteiger charge is -1.78. The minimum Gasteiger partial charge on any atom is -0.392 e. The van der Waals surface area contributed by atoms with E-state index in [2.05, 4.69) is 0 Å². The molecule has 0 aliphatic rings. The van der Waals surface area contributed by atoms with Gasteiger partial charge in [0.05, 0.1) is 6.61 Å². The first-order valence-corrected chi connectivity index (χ1v) is 3.67. The molecule has 0 aliphatic carbocycles. The molecule has 0 unspecified atom stereocenters. The highest BCUT2D eigenvalue weighted by atomic mass is 32.1. The van der Waals surface area contributed by atoms with Crippen molar-refractivity contribution < 1.29 is 5.11 Å². The highest BCUT2D eigenvalue weighted by Crippen LogP contribution is 2.06. The number of hydrogen-bond acceptors (Lipinski definition) is 2. The molecule has 0 saturated heterocycles. The van der Waals surface area contributed by atoms with E-state index in [-0.39, 0.29) is 6.61 Å². The van der Waals surface area contributed by atoms with E-state index in [0.29, 0.717) is 0 Å². The maximum Gasteiger partial charge on any atom is 0.0615 e. The van der Waals surface area contributed by atoms with Gasteiger partial charge in [0, 0.05) is 0 Å². The van der Waals surface area contributed by atoms with Crippen molar-refractivity contribution in [3.8, 4) is 0 Å². The fourth-order valence-corrected chi connectivity index (χ4v) is 1.19. The fourth-order valence-electron chi connectivity index (χ4n) is 0.559. The van der Waals surface area contributed by atoms with Gasteiger partial charge < -0.3 is 5.11 Å². The van der Waals surface area contributed by atoms with Crippen LogP contribution < -0.4 is 0 Å². The second kappa shape index (κ2) is 3.43. The van der Waals surface area contributed by atoms with Crippen LogP contribution >= 0.6 is 11.3 Å². The first-order chi connectivity index (χ1) is 4.43. The predicted molar refractivity (Wildman–Crippen MR) is 40.4 cm³/mol. The summed E-state index contributed by atoms with van der Waals surface area (Å²) in [6.45, 7) is 0.121. The largest absolute Gasteiger partial charge is 0.392 e. The summed E-state index contributed by atoms with van der Waals surface area (Å²) in [5.41, 5.74) is 1.16. The van der Waals surface area contributed by atoms with Gasteiger partial charge in [-0.05, 0) is 22.4 Å². The first-order valence-electron chi connectivity index (χ1n) is 2.73. The average Bonchev–Trinajstić information content (AvgIpc) is 2.34. The molecule has 0 radical (unpaired) electrons. The van der Waals surface area contributed by atoms with Gasteiger partial charge in [0.25, 0.3) is 0 Å². The molecular weight excluding hydrogens is 132 g/mol. The molecule has 0 aliphatic heterocycles. The van der Waals surface area contributed by atoms with Crippen molar-refractivity contribution in [1.82, 2.24) is 0 Å². The molecule has 1 aromatic heterocycles. The molecular formula is C7H8OS. The Hall–Kier alpha value is -0.600. The topological polar surface area (TPSA) is 20.2 Å². The van der Waals surface area contributed by atoms with Crippen molar-refractivity contribution in [2.75, 3.05) is 6.61 Å². The fraction of sp³-hybridized carbons (Fsp3) is 0.143. The van der Waals surface area contributed by atoms with Crippen LogP contribution in [0.4, 0.5) is 0 Å². The van der Waals surface area contributed by atoms with Crippen molar-refractivity contribution in [2.24, 2.45) is 0 Å². The molecule has 1 rings (SSSR count). The van der Waals surface area contributed by atoms with Crippen LogP contribution in [0.3, 0.4) is 0 Å². The molecule has 9 heavy (non-hydrogen) atoms. The number of aliphatic hydroxyl groups excluding tert-OH is 1. The zero-order chi connectivity index (χ0) is 6.53. The van der Waals surface area contributed by atoms with Crippen LogP contribution in [0.1, 0.15) is 5.56 Å². The number of hydrogen-bond donors (Lipinski definition) is 1. The third-order valence-corrected chi connectivity index (χ3v) is 1.66. The van der Waals surface area contributed by atoms with Gasteiger partial charge in [-0.1, -0.05) is 12.2 Å². The van der Waals surface area contributed by atoms with Crippen molar-refractivity contribution in [3.63, 3.8) is 0 Å². The van der Waals surface area contributed by atoms with E-state index in [1.54, 1.807) is 17.4 Å². The Balaban J connectivity index is 2.57. The Morgan fingerprint density at radius 3 is 3.11 bits per heavy atom. The van der Waals surface area contributed by atoms with Crippen LogP contribution in [0.5, 0.6) is 0 Å². The third-order valence-electron chi connectivity index (χ3n) is 0.959. The Morgan fingerprint density at radius 1 is 1.67 bits per heavy atom. The molecule has 1 aromatic rings. The summed E-state index contributed by atoms with van der Waals surface area (Å²) in [6, 6.07) is 2.01. The maximum atomic E-state index is 8.38. The average molecular weight is 140 g/mol. The standard InChI is InChI=1S/C7H8OS/c8-4-1-2-7-3-5-9-6-7/h1-3,5-6,8H,4H2/b2-1+. The van der Waals surface area contributed by atoms with Gasteiger partial charge in [-0.25, -0.2) is 0 Å². The molecule has 0 spiro atoms. The Labute approximate surface area is 58.3 Å². The van der Waals surface area contributed by atoms with E-state index in [4.69, 9.17) is 5.11 Å². The minimum absolute atomic E-state index is 0.121. The number of thiophene rings is 1. The van der Waals surface area contributed by atoms with Crippen LogP contribution in [0.2, 0.25) is 0 Å². The van der Waals surface area contributed by atoms with E-state index in [1.165, 1.54) is 0 Å². The zero-order valence-corrected chi connectivity index (χ0v) is 5.77. The SMILES string of the molecule is OC/C=C/c1ccsc1.